The molecular weight excluding hydrogens is 208 g/mol. The molecule has 1 amide bonds. The maximum Gasteiger partial charge on any atom is 0.224 e. The molecular formula is C11H12N2OS. The Balaban J connectivity index is 2.43. The van der Waals surface area contributed by atoms with E-state index in [0.717, 1.165) is 24.3 Å². The standard InChI is InChI=1S/C11H12N2OS/c1-7(14)13-11-10(12-2)8-5-3-4-6-9(8)15-11/h3-6H2,1H3,(H,13,14). The molecule has 0 spiro atoms. The number of fused-ring (bicyclic) bond motifs is 1. The number of aryl methyl sites for hydroxylation is 1. The minimum absolute atomic E-state index is 0.0986. The molecule has 0 aliphatic heterocycles. The number of carbonyl (C=O) groups is 1. The van der Waals surface area contributed by atoms with Gasteiger partial charge in [-0.05, 0) is 29.7 Å². The largest absolute Gasteiger partial charge is 0.327 e. The lowest BCUT2D eigenvalue weighted by Crippen LogP contribution is -2.03. The van der Waals surface area contributed by atoms with Gasteiger partial charge in [0, 0.05) is 6.92 Å². The van der Waals surface area contributed by atoms with Gasteiger partial charge in [-0.3, -0.25) is 4.79 Å². The third kappa shape index (κ3) is 1.88. The van der Waals surface area contributed by atoms with E-state index in [2.05, 4.69) is 10.2 Å². The minimum atomic E-state index is -0.0986. The summed E-state index contributed by atoms with van der Waals surface area (Å²) in [6.45, 7) is 8.64. The van der Waals surface area contributed by atoms with Crippen LogP contribution in [-0.2, 0) is 17.6 Å². The lowest BCUT2D eigenvalue weighted by Gasteiger charge is -2.09. The fraction of sp³-hybridized carbons (Fsp3) is 0.455. The Morgan fingerprint density at radius 1 is 1.47 bits per heavy atom. The summed E-state index contributed by atoms with van der Waals surface area (Å²) in [7, 11) is 0. The molecule has 0 radical (unpaired) electrons. The van der Waals surface area contributed by atoms with Crippen molar-refractivity contribution >= 4 is 27.9 Å². The van der Waals surface area contributed by atoms with E-state index < -0.39 is 0 Å². The molecule has 0 saturated heterocycles. The quantitative estimate of drug-likeness (QED) is 0.725. The number of anilines is 1. The second kappa shape index (κ2) is 4.03. The summed E-state index contributed by atoms with van der Waals surface area (Å²) >= 11 is 1.57. The van der Waals surface area contributed by atoms with Crippen molar-refractivity contribution in [3.8, 4) is 0 Å². The van der Waals surface area contributed by atoms with Crippen LogP contribution in [0, 0.1) is 6.57 Å². The lowest BCUT2D eigenvalue weighted by molar-refractivity contribution is -0.114. The van der Waals surface area contributed by atoms with E-state index in [9.17, 15) is 4.79 Å². The fourth-order valence-electron chi connectivity index (χ4n) is 1.91. The van der Waals surface area contributed by atoms with E-state index in [-0.39, 0.29) is 5.91 Å². The van der Waals surface area contributed by atoms with Crippen LogP contribution < -0.4 is 5.32 Å². The molecule has 0 unspecified atom stereocenters. The maximum absolute atomic E-state index is 11.0. The number of hydrogen-bond donors (Lipinski definition) is 1. The second-order valence-electron chi connectivity index (χ2n) is 3.68. The molecule has 1 aliphatic rings. The number of amides is 1. The van der Waals surface area contributed by atoms with Crippen molar-refractivity contribution in [2.75, 3.05) is 5.32 Å². The van der Waals surface area contributed by atoms with Crippen LogP contribution in [0.1, 0.15) is 30.2 Å². The van der Waals surface area contributed by atoms with E-state index in [1.165, 1.54) is 23.8 Å². The normalized spacial score (nSPS) is 14.1. The van der Waals surface area contributed by atoms with Crippen molar-refractivity contribution in [2.45, 2.75) is 32.6 Å². The van der Waals surface area contributed by atoms with Crippen LogP contribution in [0.25, 0.3) is 4.85 Å². The first kappa shape index (κ1) is 10.2. The highest BCUT2D eigenvalue weighted by molar-refractivity contribution is 7.17. The van der Waals surface area contributed by atoms with Gasteiger partial charge in [-0.2, -0.15) is 0 Å². The number of nitrogens with one attached hydrogen (secondary N) is 1. The maximum atomic E-state index is 11.0. The fourth-order valence-corrected chi connectivity index (χ4v) is 3.19. The van der Waals surface area contributed by atoms with E-state index in [1.54, 1.807) is 11.3 Å². The van der Waals surface area contributed by atoms with Gasteiger partial charge in [0.25, 0.3) is 0 Å². The highest BCUT2D eigenvalue weighted by atomic mass is 32.1. The van der Waals surface area contributed by atoms with Crippen LogP contribution in [0.15, 0.2) is 0 Å². The molecule has 1 aliphatic carbocycles. The summed E-state index contributed by atoms with van der Waals surface area (Å²) in [4.78, 5) is 15.8. The average molecular weight is 220 g/mol. The zero-order valence-electron chi connectivity index (χ0n) is 8.59. The Labute approximate surface area is 92.9 Å². The Morgan fingerprint density at radius 3 is 2.87 bits per heavy atom. The van der Waals surface area contributed by atoms with Crippen LogP contribution in [0.4, 0.5) is 10.7 Å². The first-order chi connectivity index (χ1) is 7.22. The summed E-state index contributed by atoms with van der Waals surface area (Å²) < 4.78 is 0. The highest BCUT2D eigenvalue weighted by Gasteiger charge is 2.20. The van der Waals surface area contributed by atoms with Crippen molar-refractivity contribution in [2.24, 2.45) is 0 Å². The van der Waals surface area contributed by atoms with Gasteiger partial charge in [-0.1, -0.05) is 6.42 Å². The number of carbonyl (C=O) groups excluding carboxylic acids is 1. The van der Waals surface area contributed by atoms with Crippen molar-refractivity contribution in [1.82, 2.24) is 0 Å². The first-order valence-corrected chi connectivity index (χ1v) is 5.83. The van der Waals surface area contributed by atoms with E-state index in [4.69, 9.17) is 6.57 Å². The van der Waals surface area contributed by atoms with Crippen LogP contribution >= 0.6 is 11.3 Å². The summed E-state index contributed by atoms with van der Waals surface area (Å²) in [6, 6.07) is 0. The van der Waals surface area contributed by atoms with Gasteiger partial charge in [0.2, 0.25) is 11.6 Å². The summed E-state index contributed by atoms with van der Waals surface area (Å²) in [5.41, 5.74) is 1.84. The molecule has 0 fully saturated rings. The van der Waals surface area contributed by atoms with Gasteiger partial charge in [0.05, 0.1) is 6.57 Å². The second-order valence-corrected chi connectivity index (χ2v) is 4.79. The van der Waals surface area contributed by atoms with E-state index in [1.807, 2.05) is 0 Å². The predicted molar refractivity (Wildman–Crippen MR) is 61.5 cm³/mol. The third-order valence-corrected chi connectivity index (χ3v) is 3.74. The van der Waals surface area contributed by atoms with Crippen LogP contribution in [-0.4, -0.2) is 5.91 Å². The van der Waals surface area contributed by atoms with Gasteiger partial charge < -0.3 is 5.32 Å². The molecule has 0 bridgehead atoms. The van der Waals surface area contributed by atoms with Gasteiger partial charge in [0.15, 0.2) is 0 Å². The van der Waals surface area contributed by atoms with Crippen molar-refractivity contribution in [3.05, 3.63) is 21.9 Å². The molecule has 4 heteroatoms. The number of thiophene rings is 1. The Hall–Kier alpha value is -1.34. The van der Waals surface area contributed by atoms with Crippen molar-refractivity contribution in [1.29, 1.82) is 0 Å². The monoisotopic (exact) mass is 220 g/mol. The summed E-state index contributed by atoms with van der Waals surface area (Å²) in [5.74, 6) is -0.0986. The molecule has 1 aromatic rings. The summed E-state index contributed by atoms with van der Waals surface area (Å²) in [5, 5.41) is 3.49. The van der Waals surface area contributed by atoms with E-state index in [0.29, 0.717) is 5.69 Å². The van der Waals surface area contributed by atoms with Gasteiger partial charge in [-0.25, -0.2) is 4.85 Å². The SMILES string of the molecule is [C-]#[N+]c1c(NC(C)=O)sc2c1CCCC2. The number of nitrogens with zero attached hydrogens (tertiary/aromatic N) is 1. The molecule has 1 N–H and O–H groups in total. The minimum Gasteiger partial charge on any atom is -0.327 e. The average Bonchev–Trinajstić information content (AvgIpc) is 2.53. The van der Waals surface area contributed by atoms with Crippen molar-refractivity contribution in [3.63, 3.8) is 0 Å². The van der Waals surface area contributed by atoms with Gasteiger partial charge in [0.1, 0.15) is 5.00 Å². The van der Waals surface area contributed by atoms with Crippen LogP contribution in [0.2, 0.25) is 0 Å². The molecule has 1 aromatic heterocycles. The molecule has 0 saturated carbocycles. The zero-order valence-corrected chi connectivity index (χ0v) is 9.41. The Morgan fingerprint density at radius 2 is 2.20 bits per heavy atom. The molecule has 15 heavy (non-hydrogen) atoms. The van der Waals surface area contributed by atoms with Gasteiger partial charge >= 0.3 is 0 Å². The Bertz CT molecular complexity index is 442. The highest BCUT2D eigenvalue weighted by Crippen LogP contribution is 2.43. The van der Waals surface area contributed by atoms with Gasteiger partial charge in [-0.15, -0.1) is 11.3 Å². The molecule has 0 aromatic carbocycles. The number of hydrogen-bond acceptors (Lipinski definition) is 2. The van der Waals surface area contributed by atoms with Crippen LogP contribution in [0.5, 0.6) is 0 Å². The van der Waals surface area contributed by atoms with Crippen molar-refractivity contribution < 1.29 is 4.79 Å². The van der Waals surface area contributed by atoms with E-state index >= 15 is 0 Å². The summed E-state index contributed by atoms with van der Waals surface area (Å²) in [6.07, 6.45) is 4.40. The predicted octanol–water partition coefficient (Wildman–Crippen LogP) is 3.14. The molecule has 0 atom stereocenters. The third-order valence-electron chi connectivity index (χ3n) is 2.54. The molecule has 3 nitrogen and oxygen atoms in total. The Kier molecular flexibility index (Phi) is 2.74. The molecule has 1 heterocycles. The molecule has 2 rings (SSSR count). The lowest BCUT2D eigenvalue weighted by atomic mass is 9.98. The smallest absolute Gasteiger partial charge is 0.224 e. The first-order valence-electron chi connectivity index (χ1n) is 5.02. The number of rotatable bonds is 1. The van der Waals surface area contributed by atoms with Crippen LogP contribution in [0.3, 0.4) is 0 Å². The topological polar surface area (TPSA) is 33.5 Å². The zero-order chi connectivity index (χ0) is 10.8. The molecule has 78 valence electrons.